The van der Waals surface area contributed by atoms with Gasteiger partial charge in [-0.1, -0.05) is 6.07 Å². The van der Waals surface area contributed by atoms with E-state index in [4.69, 9.17) is 0 Å². The van der Waals surface area contributed by atoms with Crippen LogP contribution in [0.2, 0.25) is 0 Å². The van der Waals surface area contributed by atoms with Gasteiger partial charge >= 0.3 is 6.18 Å². The minimum atomic E-state index is -4.39. The van der Waals surface area contributed by atoms with E-state index in [0.717, 1.165) is 6.07 Å². The van der Waals surface area contributed by atoms with E-state index in [1.807, 2.05) is 0 Å². The maximum atomic E-state index is 13.0. The Balaban J connectivity index is 2.53. The summed E-state index contributed by atoms with van der Waals surface area (Å²) in [7, 11) is 1.69. The van der Waals surface area contributed by atoms with Crippen molar-refractivity contribution in [3.05, 3.63) is 48.0 Å². The van der Waals surface area contributed by atoms with E-state index < -0.39 is 11.7 Å². The second kappa shape index (κ2) is 4.81. The first-order valence-corrected chi connectivity index (χ1v) is 5.35. The molecular formula is C12H12F3N3. The molecule has 0 radical (unpaired) electrons. The summed E-state index contributed by atoms with van der Waals surface area (Å²) in [6, 6.07) is 4.28. The van der Waals surface area contributed by atoms with E-state index >= 15 is 0 Å². The van der Waals surface area contributed by atoms with Crippen molar-refractivity contribution in [2.75, 3.05) is 7.05 Å². The van der Waals surface area contributed by atoms with Gasteiger partial charge in [0.25, 0.3) is 0 Å². The Hall–Kier alpha value is -1.82. The molecule has 3 nitrogen and oxygen atoms in total. The summed E-state index contributed by atoms with van der Waals surface area (Å²) in [6.45, 7) is 0.396. The summed E-state index contributed by atoms with van der Waals surface area (Å²) in [4.78, 5) is 3.76. The molecule has 0 aliphatic heterocycles. The smallest absolute Gasteiger partial charge is 0.316 e. The summed E-state index contributed by atoms with van der Waals surface area (Å²) in [5.74, 6) is 0. The Morgan fingerprint density at radius 1 is 1.33 bits per heavy atom. The zero-order valence-electron chi connectivity index (χ0n) is 9.70. The molecule has 0 bridgehead atoms. The lowest BCUT2D eigenvalue weighted by Gasteiger charge is -2.15. The number of nitrogens with zero attached hydrogens (tertiary/aromatic N) is 2. The van der Waals surface area contributed by atoms with Gasteiger partial charge in [0.05, 0.1) is 17.6 Å². The third-order valence-electron chi connectivity index (χ3n) is 2.53. The van der Waals surface area contributed by atoms with Gasteiger partial charge < -0.3 is 9.88 Å². The van der Waals surface area contributed by atoms with Crippen LogP contribution in [-0.4, -0.2) is 16.6 Å². The van der Waals surface area contributed by atoms with Crippen molar-refractivity contribution in [2.24, 2.45) is 0 Å². The first kappa shape index (κ1) is 12.6. The molecule has 1 heterocycles. The molecule has 0 fully saturated rings. The van der Waals surface area contributed by atoms with E-state index in [-0.39, 0.29) is 5.69 Å². The Labute approximate surface area is 102 Å². The molecule has 18 heavy (non-hydrogen) atoms. The highest BCUT2D eigenvalue weighted by molar-refractivity contribution is 5.45. The fraction of sp³-hybridized carbons (Fsp3) is 0.250. The molecule has 0 saturated heterocycles. The highest BCUT2D eigenvalue weighted by atomic mass is 19.4. The Kier molecular flexibility index (Phi) is 3.38. The molecule has 0 atom stereocenters. The predicted octanol–water partition coefficient (Wildman–Crippen LogP) is 2.61. The van der Waals surface area contributed by atoms with Crippen LogP contribution in [0.3, 0.4) is 0 Å². The van der Waals surface area contributed by atoms with Crippen LogP contribution >= 0.6 is 0 Å². The lowest BCUT2D eigenvalue weighted by Crippen LogP contribution is -2.13. The molecule has 96 valence electrons. The van der Waals surface area contributed by atoms with Crippen LogP contribution in [0.4, 0.5) is 13.2 Å². The lowest BCUT2D eigenvalue weighted by atomic mass is 10.1. The molecule has 0 saturated carbocycles. The minimum Gasteiger partial charge on any atom is -0.316 e. The largest absolute Gasteiger partial charge is 0.418 e. The molecule has 1 aromatic heterocycles. The van der Waals surface area contributed by atoms with Crippen molar-refractivity contribution < 1.29 is 13.2 Å². The number of aromatic nitrogens is 2. The number of nitrogens with one attached hydrogen (secondary N) is 1. The number of imidazole rings is 1. The van der Waals surface area contributed by atoms with Crippen LogP contribution < -0.4 is 5.32 Å². The van der Waals surface area contributed by atoms with Crippen LogP contribution in [0.1, 0.15) is 11.1 Å². The van der Waals surface area contributed by atoms with Crippen LogP contribution in [-0.2, 0) is 12.7 Å². The lowest BCUT2D eigenvalue weighted by molar-refractivity contribution is -0.137. The van der Waals surface area contributed by atoms with Gasteiger partial charge in [0.15, 0.2) is 0 Å². The van der Waals surface area contributed by atoms with E-state index in [9.17, 15) is 13.2 Å². The monoisotopic (exact) mass is 255 g/mol. The van der Waals surface area contributed by atoms with E-state index in [2.05, 4.69) is 10.3 Å². The van der Waals surface area contributed by atoms with E-state index in [1.54, 1.807) is 13.1 Å². The Morgan fingerprint density at radius 2 is 2.11 bits per heavy atom. The molecule has 1 aromatic carbocycles. The van der Waals surface area contributed by atoms with Gasteiger partial charge in [0.1, 0.15) is 0 Å². The third-order valence-corrected chi connectivity index (χ3v) is 2.53. The first-order valence-electron chi connectivity index (χ1n) is 5.35. The van der Waals surface area contributed by atoms with Gasteiger partial charge in [-0.2, -0.15) is 13.2 Å². The van der Waals surface area contributed by atoms with Gasteiger partial charge in [0, 0.05) is 18.9 Å². The van der Waals surface area contributed by atoms with Crippen LogP contribution in [0.5, 0.6) is 0 Å². The summed E-state index contributed by atoms with van der Waals surface area (Å²) in [6.07, 6.45) is -0.102. The zero-order valence-corrected chi connectivity index (χ0v) is 9.70. The van der Waals surface area contributed by atoms with Crippen molar-refractivity contribution in [2.45, 2.75) is 12.7 Å². The molecule has 1 N–H and O–H groups in total. The van der Waals surface area contributed by atoms with Crippen molar-refractivity contribution in [1.29, 1.82) is 0 Å². The third kappa shape index (κ3) is 2.53. The van der Waals surface area contributed by atoms with Crippen LogP contribution in [0.25, 0.3) is 5.69 Å². The van der Waals surface area contributed by atoms with Gasteiger partial charge in [-0.15, -0.1) is 0 Å². The molecule has 6 heteroatoms. The normalized spacial score (nSPS) is 11.8. The zero-order chi connectivity index (χ0) is 13.2. The standard InChI is InChI=1S/C12H12F3N3/c1-16-7-9-2-3-11(18-5-4-17-8-18)10(6-9)12(13,14)15/h2-6,8,16H,7H2,1H3. The van der Waals surface area contributed by atoms with Gasteiger partial charge in [-0.05, 0) is 24.7 Å². The summed E-state index contributed by atoms with van der Waals surface area (Å²) in [5.41, 5.74) is 0.0155. The number of halogens is 3. The number of hydrogen-bond donors (Lipinski definition) is 1. The number of alkyl halides is 3. The van der Waals surface area contributed by atoms with Crippen molar-refractivity contribution in [3.8, 4) is 5.69 Å². The minimum absolute atomic E-state index is 0.0832. The molecule has 0 aliphatic rings. The van der Waals surface area contributed by atoms with Gasteiger partial charge in [-0.25, -0.2) is 4.98 Å². The summed E-state index contributed by atoms with van der Waals surface area (Å²) < 4.78 is 40.4. The average molecular weight is 255 g/mol. The SMILES string of the molecule is CNCc1ccc(-n2ccnc2)c(C(F)(F)F)c1. The number of rotatable bonds is 3. The van der Waals surface area contributed by atoms with Gasteiger partial charge in [0.2, 0.25) is 0 Å². The van der Waals surface area contributed by atoms with E-state index in [1.165, 1.54) is 29.4 Å². The van der Waals surface area contributed by atoms with Crippen molar-refractivity contribution in [3.63, 3.8) is 0 Å². The van der Waals surface area contributed by atoms with Gasteiger partial charge in [-0.3, -0.25) is 0 Å². The Bertz CT molecular complexity index is 518. The fourth-order valence-corrected chi connectivity index (χ4v) is 1.75. The Morgan fingerprint density at radius 3 is 2.67 bits per heavy atom. The number of benzene rings is 1. The molecule has 2 rings (SSSR count). The topological polar surface area (TPSA) is 29.9 Å². The molecule has 0 aliphatic carbocycles. The second-order valence-electron chi connectivity index (χ2n) is 3.85. The molecular weight excluding hydrogens is 243 g/mol. The van der Waals surface area contributed by atoms with E-state index in [0.29, 0.717) is 12.1 Å². The van der Waals surface area contributed by atoms with Crippen molar-refractivity contribution >= 4 is 0 Å². The molecule has 0 spiro atoms. The highest BCUT2D eigenvalue weighted by Gasteiger charge is 2.34. The quantitative estimate of drug-likeness (QED) is 0.913. The maximum Gasteiger partial charge on any atom is 0.418 e. The van der Waals surface area contributed by atoms with Crippen LogP contribution in [0, 0.1) is 0 Å². The second-order valence-corrected chi connectivity index (χ2v) is 3.85. The first-order chi connectivity index (χ1) is 8.52. The average Bonchev–Trinajstić information content (AvgIpc) is 2.81. The molecule has 0 unspecified atom stereocenters. The summed E-state index contributed by atoms with van der Waals surface area (Å²) in [5, 5.41) is 2.83. The molecule has 0 amide bonds. The van der Waals surface area contributed by atoms with Crippen LogP contribution in [0.15, 0.2) is 36.9 Å². The highest BCUT2D eigenvalue weighted by Crippen LogP contribution is 2.34. The molecule has 2 aromatic rings. The maximum absolute atomic E-state index is 13.0. The number of hydrogen-bond acceptors (Lipinski definition) is 2. The summed E-state index contributed by atoms with van der Waals surface area (Å²) >= 11 is 0. The van der Waals surface area contributed by atoms with Crippen molar-refractivity contribution in [1.82, 2.24) is 14.9 Å². The predicted molar refractivity (Wildman–Crippen MR) is 61.3 cm³/mol. The fourth-order valence-electron chi connectivity index (χ4n) is 1.75.